The van der Waals surface area contributed by atoms with Crippen LogP contribution < -0.4 is 92.5 Å². The third-order valence-corrected chi connectivity index (χ3v) is 17.9. The Hall–Kier alpha value is -8.37. The van der Waals surface area contributed by atoms with Crippen molar-refractivity contribution in [3.63, 3.8) is 0 Å². The summed E-state index contributed by atoms with van der Waals surface area (Å²) in [5, 5.41) is 53.8. The number of para-hydroxylation sites is 1. The average Bonchev–Trinajstić information content (AvgIpc) is 1.79. The zero-order valence-electron chi connectivity index (χ0n) is 65.3. The number of aromatic nitrogens is 1. The third-order valence-electron chi connectivity index (χ3n) is 17.9. The number of nitrogens with one attached hydrogen (secondary N) is 13. The molecule has 0 aliphatic rings. The molecule has 1 heterocycles. The molecule has 2 rings (SSSR count). The minimum Gasteiger partial charge on any atom is -0.480 e. The first-order valence-electron chi connectivity index (χ1n) is 38.1. The maximum absolute atomic E-state index is 14.7. The highest BCUT2D eigenvalue weighted by atomic mass is 16.4. The van der Waals surface area contributed by atoms with E-state index in [9.17, 15) is 72.5 Å². The number of fused-ring (bicyclic) bond motifs is 1. The fraction of sp³-hybridized carbons (Fsp3) is 0.716. The molecule has 0 bridgehead atoms. The van der Waals surface area contributed by atoms with Crippen LogP contribution in [0.1, 0.15) is 198 Å². The first-order chi connectivity index (χ1) is 50.4. The molecule has 0 spiro atoms. The van der Waals surface area contributed by atoms with Gasteiger partial charge in [0.1, 0.15) is 72.5 Å². The molecule has 0 unspecified atom stereocenters. The molecule has 33 heteroatoms. The number of aliphatic hydroxyl groups excluding tert-OH is 1. The number of carbonyl (C=O) groups is 13. The fourth-order valence-electron chi connectivity index (χ4n) is 11.9. The van der Waals surface area contributed by atoms with E-state index in [-0.39, 0.29) is 101 Å². The largest absolute Gasteiger partial charge is 0.480 e. The van der Waals surface area contributed by atoms with E-state index in [1.54, 1.807) is 47.7 Å². The molecule has 1 aromatic heterocycles. The number of hydrogen-bond donors (Lipinski definition) is 20. The van der Waals surface area contributed by atoms with Gasteiger partial charge in [-0.3, -0.25) is 62.3 Å². The highest BCUT2D eigenvalue weighted by Crippen LogP contribution is 2.21. The quantitative estimate of drug-likeness (QED) is 0.0379. The number of aliphatic carboxylic acids is 1. The number of unbranched alkanes of at least 4 members (excludes halogenated alkanes) is 4. The Labute approximate surface area is 630 Å². The summed E-state index contributed by atoms with van der Waals surface area (Å²) in [6.45, 7) is 22.8. The van der Waals surface area contributed by atoms with E-state index < -0.39 is 167 Å². The lowest BCUT2D eigenvalue weighted by Crippen LogP contribution is -2.62. The zero-order valence-corrected chi connectivity index (χ0v) is 65.3. The smallest absolute Gasteiger partial charge is 0.325 e. The third kappa shape index (κ3) is 35.0. The second kappa shape index (κ2) is 49.6. The number of nitrogens with two attached hydrogens (primary N) is 5. The maximum atomic E-state index is 14.7. The number of rotatable bonds is 53. The molecule has 14 atom stereocenters. The predicted octanol–water partition coefficient (Wildman–Crippen LogP) is -0.283. The van der Waals surface area contributed by atoms with Gasteiger partial charge in [-0.2, -0.15) is 0 Å². The molecule has 1 aromatic carbocycles. The van der Waals surface area contributed by atoms with Gasteiger partial charge in [0.2, 0.25) is 70.9 Å². The Morgan fingerprint density at radius 1 is 0.364 bits per heavy atom. The highest BCUT2D eigenvalue weighted by molar-refractivity contribution is 6.00. The van der Waals surface area contributed by atoms with Crippen molar-refractivity contribution >= 4 is 87.8 Å². The Bertz CT molecular complexity index is 3160. The summed E-state index contributed by atoms with van der Waals surface area (Å²) in [4.78, 5) is 186. The number of benzene rings is 1. The van der Waals surface area contributed by atoms with Crippen LogP contribution in [0.5, 0.6) is 0 Å². The minimum atomic E-state index is -1.74. The van der Waals surface area contributed by atoms with E-state index >= 15 is 0 Å². The summed E-state index contributed by atoms with van der Waals surface area (Å²) in [5.41, 5.74) is 30.6. The second-order valence-corrected chi connectivity index (χ2v) is 30.1. The molecule has 107 heavy (non-hydrogen) atoms. The van der Waals surface area contributed by atoms with Crippen molar-refractivity contribution in [3.05, 3.63) is 36.0 Å². The van der Waals surface area contributed by atoms with Crippen molar-refractivity contribution in [1.29, 1.82) is 0 Å². The number of aromatic amines is 1. The lowest BCUT2D eigenvalue weighted by molar-refractivity contribution is -0.142. The van der Waals surface area contributed by atoms with Crippen molar-refractivity contribution in [1.82, 2.24) is 68.8 Å². The zero-order chi connectivity index (χ0) is 80.8. The number of amides is 12. The Kier molecular flexibility index (Phi) is 43.9. The summed E-state index contributed by atoms with van der Waals surface area (Å²) in [6, 6.07) is -9.49. The Morgan fingerprint density at radius 3 is 0.991 bits per heavy atom. The molecule has 0 fully saturated rings. The van der Waals surface area contributed by atoms with Crippen LogP contribution in [0.4, 0.5) is 0 Å². The minimum absolute atomic E-state index is 0.0118. The van der Waals surface area contributed by atoms with E-state index in [4.69, 9.17) is 28.7 Å². The molecule has 606 valence electrons. The highest BCUT2D eigenvalue weighted by Gasteiger charge is 2.39. The number of H-pyrrole nitrogens is 1. The number of carbonyl (C=O) groups excluding carboxylic acids is 12. The van der Waals surface area contributed by atoms with Crippen molar-refractivity contribution in [2.75, 3.05) is 26.2 Å². The summed E-state index contributed by atoms with van der Waals surface area (Å²) in [7, 11) is 0. The van der Waals surface area contributed by atoms with Gasteiger partial charge >= 0.3 is 5.97 Å². The van der Waals surface area contributed by atoms with E-state index in [0.29, 0.717) is 63.5 Å². The summed E-state index contributed by atoms with van der Waals surface area (Å²) >= 11 is 0. The molecular formula is C74H130N18O15. The number of aliphatic hydroxyl groups is 1. The van der Waals surface area contributed by atoms with Gasteiger partial charge in [0.25, 0.3) is 0 Å². The Morgan fingerprint density at radius 2 is 0.654 bits per heavy atom. The van der Waals surface area contributed by atoms with E-state index in [1.165, 1.54) is 20.8 Å². The lowest BCUT2D eigenvalue weighted by atomic mass is 9.98. The standard InChI is InChI=1S/C74H130N18O15/c1-40(2)34-55(86-62(94)45(11)79)69(101)88-59(38-48-39-80-50-25-15-14-24-49(48)50)71(103)85-54(29-19-23-33-78)66(98)92-61(47(13)93)73(105)90-58(37-43(7)8)70(102)87-56(35-41(3)4)67(99)84-52(27-17-21-31-76)64(96)82-53(28-18-22-32-77)65(97)91-60(44(9)10)72(104)89-57(36-42(5)6)68(100)83-51(26-16-20-30-75)63(95)81-46(12)74(106)107/h14-15,24-25,39-47,51-61,80,93H,16-23,26-38,75-79H2,1-13H3,(H,81,95)(H,82,96)(H,83,100)(H,84,99)(H,85,103)(H,86,94)(H,87,102)(H,88,101)(H,89,104)(H,90,105)(H,91,97)(H,92,98)(H,106,107)/t45-,46-,47+,51-,52-,53-,54-,55-,56-,57-,58-,59-,60-,61-/m0/s1. The van der Waals surface area contributed by atoms with Crippen molar-refractivity contribution in [3.8, 4) is 0 Å². The van der Waals surface area contributed by atoms with Gasteiger partial charge in [-0.05, 0) is 191 Å². The first-order valence-corrected chi connectivity index (χ1v) is 38.1. The normalized spacial score (nSPS) is 15.5. The molecule has 25 N–H and O–H groups in total. The average molecular weight is 1510 g/mol. The molecule has 0 aliphatic heterocycles. The van der Waals surface area contributed by atoms with Crippen LogP contribution in [-0.4, -0.2) is 203 Å². The van der Waals surface area contributed by atoms with Gasteiger partial charge < -0.3 is 108 Å². The molecule has 33 nitrogen and oxygen atoms in total. The monoisotopic (exact) mass is 1510 g/mol. The van der Waals surface area contributed by atoms with E-state index in [2.05, 4.69) is 68.8 Å². The van der Waals surface area contributed by atoms with Crippen LogP contribution in [0.15, 0.2) is 30.5 Å². The second-order valence-electron chi connectivity index (χ2n) is 30.1. The summed E-state index contributed by atoms with van der Waals surface area (Å²) in [5.74, 6) is -12.0. The molecule has 2 aromatic rings. The maximum Gasteiger partial charge on any atom is 0.325 e. The molecular weight excluding hydrogens is 1380 g/mol. The number of carboxylic acids is 1. The summed E-state index contributed by atoms with van der Waals surface area (Å²) in [6.07, 6.45) is 3.67. The van der Waals surface area contributed by atoms with Crippen molar-refractivity contribution in [2.45, 2.75) is 284 Å². The number of carboxylic acid groups (broad SMARTS) is 1. The molecule has 0 saturated heterocycles. The first kappa shape index (κ1) is 94.7. The van der Waals surface area contributed by atoms with Gasteiger partial charge in [0.15, 0.2) is 0 Å². The van der Waals surface area contributed by atoms with Crippen LogP contribution in [-0.2, 0) is 68.7 Å². The predicted molar refractivity (Wildman–Crippen MR) is 408 cm³/mol. The van der Waals surface area contributed by atoms with Gasteiger partial charge in [0.05, 0.1) is 12.1 Å². The van der Waals surface area contributed by atoms with E-state index in [0.717, 1.165) is 10.9 Å². The van der Waals surface area contributed by atoms with E-state index in [1.807, 2.05) is 52.0 Å². The van der Waals surface area contributed by atoms with Gasteiger partial charge in [-0.15, -0.1) is 0 Å². The van der Waals surface area contributed by atoms with Crippen LogP contribution in [0.3, 0.4) is 0 Å². The van der Waals surface area contributed by atoms with Crippen molar-refractivity contribution in [2.24, 2.45) is 58.3 Å². The van der Waals surface area contributed by atoms with Crippen LogP contribution in [0.25, 0.3) is 10.9 Å². The molecule has 0 saturated carbocycles. The SMILES string of the molecule is CC(C)C[C@H](NC(=O)[C@H](C)N)C(=O)N[C@@H](Cc1c[nH]c2ccccc12)C(=O)N[C@@H](CCCCN)C(=O)N[C@H](C(=O)N[C@@H](CC(C)C)C(=O)N[C@@H](CC(C)C)C(=O)N[C@@H](CCCCN)C(=O)N[C@@H](CCCCN)C(=O)N[C@H](C(=O)N[C@@H](CC(C)C)C(=O)N[C@@H](CCCCN)C(=O)N[C@@H](C)C(=O)O)C(C)C)[C@@H](C)O. The van der Waals surface area contributed by atoms with Crippen molar-refractivity contribution < 1.29 is 72.5 Å². The molecule has 0 aliphatic carbocycles. The lowest BCUT2D eigenvalue weighted by Gasteiger charge is -2.30. The van der Waals surface area contributed by atoms with Gasteiger partial charge in [0, 0.05) is 23.5 Å². The van der Waals surface area contributed by atoms with Crippen LogP contribution in [0, 0.1) is 29.6 Å². The molecule has 12 amide bonds. The van der Waals surface area contributed by atoms with Crippen LogP contribution in [0.2, 0.25) is 0 Å². The number of hydrogen-bond acceptors (Lipinski definition) is 19. The topological polar surface area (TPSA) is 553 Å². The van der Waals surface area contributed by atoms with Crippen LogP contribution >= 0.6 is 0 Å². The Balaban J connectivity index is 2.53. The molecule has 0 radical (unpaired) electrons. The summed E-state index contributed by atoms with van der Waals surface area (Å²) < 4.78 is 0. The van der Waals surface area contributed by atoms with Gasteiger partial charge in [-0.25, -0.2) is 0 Å². The fourth-order valence-corrected chi connectivity index (χ4v) is 11.9. The van der Waals surface area contributed by atoms with Gasteiger partial charge in [-0.1, -0.05) is 87.4 Å².